The quantitative estimate of drug-likeness (QED) is 0.669. The highest BCUT2D eigenvalue weighted by Crippen LogP contribution is 2.30. The zero-order chi connectivity index (χ0) is 18.0. The minimum absolute atomic E-state index is 0.180. The van der Waals surface area contributed by atoms with Gasteiger partial charge in [0.05, 0.1) is 16.6 Å². The summed E-state index contributed by atoms with van der Waals surface area (Å²) in [5.74, 6) is -0.180. The van der Waals surface area contributed by atoms with E-state index >= 15 is 0 Å². The van der Waals surface area contributed by atoms with Crippen LogP contribution in [0.2, 0.25) is 5.02 Å². The molecule has 1 heterocycles. The van der Waals surface area contributed by atoms with Gasteiger partial charge in [0.25, 0.3) is 5.69 Å². The SMILES string of the molecule is N#Cc1ccc(NC2CCN(c3cccc(Cl)c3)C2=O)c([N+](=O)[O-])c1. The van der Waals surface area contributed by atoms with Gasteiger partial charge in [-0.2, -0.15) is 5.26 Å². The van der Waals surface area contributed by atoms with Crippen LogP contribution >= 0.6 is 11.6 Å². The Labute approximate surface area is 148 Å². The van der Waals surface area contributed by atoms with Crippen LogP contribution in [0.25, 0.3) is 0 Å². The van der Waals surface area contributed by atoms with Crippen LogP contribution < -0.4 is 10.2 Å². The van der Waals surface area contributed by atoms with E-state index in [-0.39, 0.29) is 22.8 Å². The van der Waals surface area contributed by atoms with Crippen molar-refractivity contribution < 1.29 is 9.72 Å². The average Bonchev–Trinajstić information content (AvgIpc) is 2.96. The van der Waals surface area contributed by atoms with Crippen LogP contribution in [0.3, 0.4) is 0 Å². The molecule has 0 saturated carbocycles. The summed E-state index contributed by atoms with van der Waals surface area (Å²) < 4.78 is 0. The summed E-state index contributed by atoms with van der Waals surface area (Å²) in [5.41, 5.74) is 0.870. The zero-order valence-corrected chi connectivity index (χ0v) is 13.7. The Morgan fingerprint density at radius 3 is 2.80 bits per heavy atom. The Morgan fingerprint density at radius 1 is 1.32 bits per heavy atom. The number of carbonyl (C=O) groups is 1. The lowest BCUT2D eigenvalue weighted by molar-refractivity contribution is -0.384. The zero-order valence-electron chi connectivity index (χ0n) is 13.0. The second kappa shape index (κ2) is 6.79. The van der Waals surface area contributed by atoms with Crippen molar-refractivity contribution in [3.05, 3.63) is 63.2 Å². The molecule has 1 N–H and O–H groups in total. The van der Waals surface area contributed by atoms with E-state index < -0.39 is 11.0 Å². The van der Waals surface area contributed by atoms with Crippen LogP contribution in [0, 0.1) is 21.4 Å². The second-order valence-electron chi connectivity index (χ2n) is 5.56. The predicted molar refractivity (Wildman–Crippen MR) is 93.6 cm³/mol. The lowest BCUT2D eigenvalue weighted by atomic mass is 10.1. The molecule has 3 rings (SSSR count). The van der Waals surface area contributed by atoms with Crippen molar-refractivity contribution in [3.63, 3.8) is 0 Å². The highest BCUT2D eigenvalue weighted by atomic mass is 35.5. The van der Waals surface area contributed by atoms with Crippen molar-refractivity contribution in [3.8, 4) is 6.07 Å². The molecule has 126 valence electrons. The van der Waals surface area contributed by atoms with E-state index in [9.17, 15) is 14.9 Å². The maximum atomic E-state index is 12.6. The van der Waals surface area contributed by atoms with Gasteiger partial charge in [0.2, 0.25) is 5.91 Å². The number of anilines is 2. The smallest absolute Gasteiger partial charge is 0.293 e. The molecule has 0 aliphatic carbocycles. The fourth-order valence-electron chi connectivity index (χ4n) is 2.78. The van der Waals surface area contributed by atoms with Crippen LogP contribution in [0.15, 0.2) is 42.5 Å². The first-order valence-electron chi connectivity index (χ1n) is 7.51. The number of nitro benzene ring substituents is 1. The lowest BCUT2D eigenvalue weighted by Crippen LogP contribution is -2.33. The van der Waals surface area contributed by atoms with Gasteiger partial charge in [0.15, 0.2) is 0 Å². The Balaban J connectivity index is 1.82. The summed E-state index contributed by atoms with van der Waals surface area (Å²) in [4.78, 5) is 24.9. The molecule has 1 aliphatic heterocycles. The normalized spacial score (nSPS) is 16.6. The number of nitrogens with one attached hydrogen (secondary N) is 1. The highest BCUT2D eigenvalue weighted by Gasteiger charge is 2.33. The lowest BCUT2D eigenvalue weighted by Gasteiger charge is -2.18. The van der Waals surface area contributed by atoms with Gasteiger partial charge in [-0.1, -0.05) is 17.7 Å². The molecule has 1 amide bonds. The standard InChI is InChI=1S/C17H13ClN4O3/c18-12-2-1-3-13(9-12)21-7-6-15(17(21)23)20-14-5-4-11(10-19)8-16(14)22(24)25/h1-5,8-9,15,20H,6-7H2. The maximum Gasteiger partial charge on any atom is 0.293 e. The van der Waals surface area contributed by atoms with Gasteiger partial charge >= 0.3 is 0 Å². The van der Waals surface area contributed by atoms with Crippen molar-refractivity contribution in [1.82, 2.24) is 0 Å². The molecule has 2 aromatic carbocycles. The van der Waals surface area contributed by atoms with Crippen molar-refractivity contribution in [2.75, 3.05) is 16.8 Å². The molecule has 1 aliphatic rings. The van der Waals surface area contributed by atoms with E-state index in [1.54, 1.807) is 29.2 Å². The van der Waals surface area contributed by atoms with Gasteiger partial charge in [0.1, 0.15) is 11.7 Å². The minimum Gasteiger partial charge on any atom is -0.368 e. The molecule has 1 unspecified atom stereocenters. The molecule has 0 spiro atoms. The topological polar surface area (TPSA) is 99.3 Å². The van der Waals surface area contributed by atoms with Gasteiger partial charge in [-0.25, -0.2) is 0 Å². The number of carbonyl (C=O) groups excluding carboxylic acids is 1. The summed E-state index contributed by atoms with van der Waals surface area (Å²) >= 11 is 5.97. The number of amides is 1. The monoisotopic (exact) mass is 356 g/mol. The first-order chi connectivity index (χ1) is 12.0. The van der Waals surface area contributed by atoms with E-state index in [1.807, 2.05) is 6.07 Å². The van der Waals surface area contributed by atoms with Gasteiger partial charge in [-0.3, -0.25) is 14.9 Å². The maximum absolute atomic E-state index is 12.6. The van der Waals surface area contributed by atoms with Crippen molar-refractivity contribution in [2.24, 2.45) is 0 Å². The van der Waals surface area contributed by atoms with E-state index in [2.05, 4.69) is 5.32 Å². The summed E-state index contributed by atoms with van der Waals surface area (Å²) in [6, 6.07) is 12.4. The molecule has 0 bridgehead atoms. The fraction of sp³-hybridized carbons (Fsp3) is 0.176. The van der Waals surface area contributed by atoms with Gasteiger partial charge in [-0.05, 0) is 36.8 Å². The summed E-state index contributed by atoms with van der Waals surface area (Å²) in [6.07, 6.45) is 0.502. The van der Waals surface area contributed by atoms with E-state index in [1.165, 1.54) is 18.2 Å². The van der Waals surface area contributed by atoms with E-state index in [0.29, 0.717) is 23.7 Å². The number of halogens is 1. The third-order valence-electron chi connectivity index (χ3n) is 3.98. The Kier molecular flexibility index (Phi) is 4.55. The van der Waals surface area contributed by atoms with Crippen molar-refractivity contribution in [2.45, 2.75) is 12.5 Å². The van der Waals surface area contributed by atoms with E-state index in [0.717, 1.165) is 0 Å². The van der Waals surface area contributed by atoms with Crippen molar-refractivity contribution in [1.29, 1.82) is 5.26 Å². The average molecular weight is 357 g/mol. The number of nitrogens with zero attached hydrogens (tertiary/aromatic N) is 3. The minimum atomic E-state index is -0.578. The molecule has 1 atom stereocenters. The number of nitriles is 1. The number of nitro groups is 1. The van der Waals surface area contributed by atoms with E-state index in [4.69, 9.17) is 16.9 Å². The van der Waals surface area contributed by atoms with Gasteiger partial charge in [-0.15, -0.1) is 0 Å². The van der Waals surface area contributed by atoms with Crippen LogP contribution in [0.4, 0.5) is 17.1 Å². The molecule has 0 aromatic heterocycles. The third kappa shape index (κ3) is 3.39. The molecule has 2 aromatic rings. The Bertz CT molecular complexity index is 894. The van der Waals surface area contributed by atoms with Gasteiger partial charge < -0.3 is 10.2 Å². The van der Waals surface area contributed by atoms with Crippen LogP contribution in [-0.4, -0.2) is 23.4 Å². The molecular weight excluding hydrogens is 344 g/mol. The molecular formula is C17H13ClN4O3. The molecule has 1 fully saturated rings. The Hall–Kier alpha value is -3.11. The molecule has 25 heavy (non-hydrogen) atoms. The molecule has 8 heteroatoms. The molecule has 1 saturated heterocycles. The van der Waals surface area contributed by atoms with Crippen molar-refractivity contribution >= 4 is 34.6 Å². The van der Waals surface area contributed by atoms with Crippen LogP contribution in [-0.2, 0) is 4.79 Å². The third-order valence-corrected chi connectivity index (χ3v) is 4.21. The highest BCUT2D eigenvalue weighted by molar-refractivity contribution is 6.31. The fourth-order valence-corrected chi connectivity index (χ4v) is 2.96. The summed E-state index contributed by atoms with van der Waals surface area (Å²) in [7, 11) is 0. The van der Waals surface area contributed by atoms with Gasteiger partial charge in [0, 0.05) is 23.3 Å². The predicted octanol–water partition coefficient (Wildman–Crippen LogP) is 3.34. The molecule has 7 nitrogen and oxygen atoms in total. The second-order valence-corrected chi connectivity index (χ2v) is 5.99. The summed E-state index contributed by atoms with van der Waals surface area (Å²) in [6.45, 7) is 0.487. The number of benzene rings is 2. The Morgan fingerprint density at radius 2 is 2.12 bits per heavy atom. The summed E-state index contributed by atoms with van der Waals surface area (Å²) in [5, 5.41) is 23.6. The number of rotatable bonds is 4. The molecule has 0 radical (unpaired) electrons. The first-order valence-corrected chi connectivity index (χ1v) is 7.89. The van der Waals surface area contributed by atoms with Crippen LogP contribution in [0.5, 0.6) is 0 Å². The number of hydrogen-bond donors (Lipinski definition) is 1. The number of hydrogen-bond acceptors (Lipinski definition) is 5. The van der Waals surface area contributed by atoms with Crippen LogP contribution in [0.1, 0.15) is 12.0 Å². The first kappa shape index (κ1) is 16.7. The largest absolute Gasteiger partial charge is 0.368 e.